The minimum absolute atomic E-state index is 0.259. The molecule has 0 aliphatic rings. The smallest absolute Gasteiger partial charge is 0.255 e. The van der Waals surface area contributed by atoms with Crippen LogP contribution < -0.4 is 15.4 Å². The van der Waals surface area contributed by atoms with E-state index in [9.17, 15) is 14.0 Å². The Bertz CT molecular complexity index is 1040. The highest BCUT2D eigenvalue weighted by Crippen LogP contribution is 2.28. The van der Waals surface area contributed by atoms with Crippen LogP contribution in [-0.4, -0.2) is 18.9 Å². The molecule has 0 fully saturated rings. The zero-order valence-electron chi connectivity index (χ0n) is 14.8. The standard InChI is InChI=1S/C21H16ClFN2O3/c1-28-19-9-8-15(22)11-18(19)25-21(27)14-5-2-4-13(10-14)20(26)24-17-7-3-6-16(23)12-17/h2-12H,1H3,(H,24,26)(H,25,27). The van der Waals surface area contributed by atoms with Gasteiger partial charge in [-0.1, -0.05) is 23.7 Å². The molecule has 3 aromatic rings. The van der Waals surface area contributed by atoms with Gasteiger partial charge in [-0.25, -0.2) is 4.39 Å². The average molecular weight is 399 g/mol. The van der Waals surface area contributed by atoms with E-state index in [1.807, 2.05) is 0 Å². The van der Waals surface area contributed by atoms with Crippen molar-refractivity contribution in [1.82, 2.24) is 0 Å². The van der Waals surface area contributed by atoms with Crippen LogP contribution in [0, 0.1) is 5.82 Å². The van der Waals surface area contributed by atoms with Gasteiger partial charge < -0.3 is 15.4 Å². The zero-order valence-corrected chi connectivity index (χ0v) is 15.6. The third-order valence-corrected chi connectivity index (χ3v) is 4.11. The predicted molar refractivity (Wildman–Crippen MR) is 107 cm³/mol. The summed E-state index contributed by atoms with van der Waals surface area (Å²) in [6.45, 7) is 0. The van der Waals surface area contributed by atoms with Crippen LogP contribution in [0.5, 0.6) is 5.75 Å². The van der Waals surface area contributed by atoms with Crippen LogP contribution in [-0.2, 0) is 0 Å². The Labute approximate surface area is 166 Å². The Morgan fingerprint density at radius 1 is 0.893 bits per heavy atom. The van der Waals surface area contributed by atoms with Gasteiger partial charge in [-0.2, -0.15) is 0 Å². The molecular formula is C21H16ClFN2O3. The molecule has 0 aliphatic carbocycles. The molecule has 0 saturated heterocycles. The molecule has 0 aromatic heterocycles. The van der Waals surface area contributed by atoms with E-state index in [0.29, 0.717) is 22.1 Å². The van der Waals surface area contributed by atoms with Crippen LogP contribution in [0.3, 0.4) is 0 Å². The summed E-state index contributed by atoms with van der Waals surface area (Å²) in [6, 6.07) is 16.6. The normalized spacial score (nSPS) is 10.2. The third-order valence-electron chi connectivity index (χ3n) is 3.88. The van der Waals surface area contributed by atoms with Crippen molar-refractivity contribution in [2.45, 2.75) is 0 Å². The lowest BCUT2D eigenvalue weighted by Gasteiger charge is -2.11. The molecule has 0 unspecified atom stereocenters. The summed E-state index contributed by atoms with van der Waals surface area (Å²) in [5.74, 6) is -0.888. The van der Waals surface area contributed by atoms with E-state index in [1.54, 1.807) is 42.5 Å². The Morgan fingerprint density at radius 2 is 1.57 bits per heavy atom. The van der Waals surface area contributed by atoms with E-state index in [1.165, 1.54) is 31.4 Å². The van der Waals surface area contributed by atoms with Gasteiger partial charge in [0.1, 0.15) is 11.6 Å². The number of nitrogens with one attached hydrogen (secondary N) is 2. The highest BCUT2D eigenvalue weighted by atomic mass is 35.5. The van der Waals surface area contributed by atoms with E-state index in [4.69, 9.17) is 16.3 Å². The first-order chi connectivity index (χ1) is 13.5. The first-order valence-corrected chi connectivity index (χ1v) is 8.66. The maximum atomic E-state index is 13.3. The summed E-state index contributed by atoms with van der Waals surface area (Å²) < 4.78 is 18.5. The Hall–Kier alpha value is -3.38. The third kappa shape index (κ3) is 4.66. The minimum Gasteiger partial charge on any atom is -0.495 e. The summed E-state index contributed by atoms with van der Waals surface area (Å²) in [5, 5.41) is 5.75. The van der Waals surface area contributed by atoms with E-state index in [2.05, 4.69) is 10.6 Å². The molecule has 3 aromatic carbocycles. The second-order valence-electron chi connectivity index (χ2n) is 5.84. The lowest BCUT2D eigenvalue weighted by Crippen LogP contribution is -2.16. The van der Waals surface area contributed by atoms with Crippen molar-refractivity contribution in [2.24, 2.45) is 0 Å². The average Bonchev–Trinajstić information content (AvgIpc) is 2.68. The molecule has 5 nitrogen and oxygen atoms in total. The topological polar surface area (TPSA) is 67.4 Å². The Kier molecular flexibility index (Phi) is 5.91. The number of ether oxygens (including phenoxy) is 1. The number of rotatable bonds is 5. The van der Waals surface area contributed by atoms with Crippen molar-refractivity contribution in [1.29, 1.82) is 0 Å². The van der Waals surface area contributed by atoms with Crippen molar-refractivity contribution in [3.63, 3.8) is 0 Å². The van der Waals surface area contributed by atoms with Gasteiger partial charge in [-0.05, 0) is 54.6 Å². The van der Waals surface area contributed by atoms with E-state index in [0.717, 1.165) is 0 Å². The SMILES string of the molecule is COc1ccc(Cl)cc1NC(=O)c1cccc(C(=O)Nc2cccc(F)c2)c1. The van der Waals surface area contributed by atoms with Gasteiger partial charge in [-0.15, -0.1) is 0 Å². The molecular weight excluding hydrogens is 383 g/mol. The minimum atomic E-state index is -0.458. The number of carbonyl (C=O) groups is 2. The number of methoxy groups -OCH3 is 1. The number of halogens is 2. The molecule has 0 atom stereocenters. The van der Waals surface area contributed by atoms with Crippen molar-refractivity contribution in [2.75, 3.05) is 17.7 Å². The first-order valence-electron chi connectivity index (χ1n) is 8.28. The fourth-order valence-corrected chi connectivity index (χ4v) is 2.72. The lowest BCUT2D eigenvalue weighted by molar-refractivity contribution is 0.102. The summed E-state index contributed by atoms with van der Waals surface area (Å²) in [7, 11) is 1.48. The van der Waals surface area contributed by atoms with Crippen LogP contribution in [0.25, 0.3) is 0 Å². The number of benzene rings is 3. The van der Waals surface area contributed by atoms with E-state index < -0.39 is 17.6 Å². The second-order valence-corrected chi connectivity index (χ2v) is 6.28. The second kappa shape index (κ2) is 8.54. The fraction of sp³-hybridized carbons (Fsp3) is 0.0476. The highest BCUT2D eigenvalue weighted by Gasteiger charge is 2.13. The summed E-state index contributed by atoms with van der Waals surface area (Å²) in [6.07, 6.45) is 0. The van der Waals surface area contributed by atoms with Crippen LogP contribution >= 0.6 is 11.6 Å². The van der Waals surface area contributed by atoms with Gasteiger partial charge in [0.25, 0.3) is 11.8 Å². The van der Waals surface area contributed by atoms with Crippen LogP contribution in [0.1, 0.15) is 20.7 Å². The number of hydrogen-bond donors (Lipinski definition) is 2. The molecule has 7 heteroatoms. The van der Waals surface area contributed by atoms with Crippen molar-refractivity contribution in [3.05, 3.63) is 88.7 Å². The van der Waals surface area contributed by atoms with Crippen molar-refractivity contribution < 1.29 is 18.7 Å². The van der Waals surface area contributed by atoms with Crippen molar-refractivity contribution >= 4 is 34.8 Å². The first kappa shape index (κ1) is 19.4. The highest BCUT2D eigenvalue weighted by molar-refractivity contribution is 6.31. The number of amides is 2. The number of carbonyl (C=O) groups excluding carboxylic acids is 2. The van der Waals surface area contributed by atoms with Gasteiger partial charge in [0.2, 0.25) is 0 Å². The van der Waals surface area contributed by atoms with Gasteiger partial charge in [0.15, 0.2) is 0 Å². The van der Waals surface area contributed by atoms with E-state index in [-0.39, 0.29) is 11.1 Å². The van der Waals surface area contributed by atoms with Crippen LogP contribution in [0.15, 0.2) is 66.7 Å². The van der Waals surface area contributed by atoms with Crippen LogP contribution in [0.2, 0.25) is 5.02 Å². The lowest BCUT2D eigenvalue weighted by atomic mass is 10.1. The summed E-state index contributed by atoms with van der Waals surface area (Å²) in [4.78, 5) is 25.0. The Balaban J connectivity index is 1.78. The number of hydrogen-bond acceptors (Lipinski definition) is 3. The monoisotopic (exact) mass is 398 g/mol. The maximum Gasteiger partial charge on any atom is 0.255 e. The van der Waals surface area contributed by atoms with Gasteiger partial charge in [0.05, 0.1) is 12.8 Å². The molecule has 0 radical (unpaired) electrons. The summed E-state index contributed by atoms with van der Waals surface area (Å²) >= 11 is 5.97. The van der Waals surface area contributed by atoms with Crippen molar-refractivity contribution in [3.8, 4) is 5.75 Å². The van der Waals surface area contributed by atoms with Gasteiger partial charge in [0, 0.05) is 21.8 Å². The van der Waals surface area contributed by atoms with Crippen LogP contribution in [0.4, 0.5) is 15.8 Å². The molecule has 0 saturated carbocycles. The molecule has 2 amide bonds. The van der Waals surface area contributed by atoms with Gasteiger partial charge in [-0.3, -0.25) is 9.59 Å². The summed E-state index contributed by atoms with van der Waals surface area (Å²) in [5.41, 5.74) is 1.27. The molecule has 2 N–H and O–H groups in total. The maximum absolute atomic E-state index is 13.3. The molecule has 0 bridgehead atoms. The number of anilines is 2. The molecule has 0 heterocycles. The fourth-order valence-electron chi connectivity index (χ4n) is 2.54. The Morgan fingerprint density at radius 3 is 2.25 bits per heavy atom. The molecule has 0 aliphatic heterocycles. The predicted octanol–water partition coefficient (Wildman–Crippen LogP) is 4.99. The van der Waals surface area contributed by atoms with Gasteiger partial charge >= 0.3 is 0 Å². The van der Waals surface area contributed by atoms with E-state index >= 15 is 0 Å². The molecule has 3 rings (SSSR count). The molecule has 142 valence electrons. The molecule has 28 heavy (non-hydrogen) atoms. The quantitative estimate of drug-likeness (QED) is 0.636. The zero-order chi connectivity index (χ0) is 20.1. The molecule has 0 spiro atoms. The largest absolute Gasteiger partial charge is 0.495 e.